The first-order valence-corrected chi connectivity index (χ1v) is 6.08. The number of alkyl halides is 1. The second-order valence-electron chi connectivity index (χ2n) is 3.40. The van der Waals surface area contributed by atoms with Crippen molar-refractivity contribution in [1.29, 1.82) is 0 Å². The number of fused-ring (bicyclic) bond motifs is 1. The predicted molar refractivity (Wildman–Crippen MR) is 66.2 cm³/mol. The van der Waals surface area contributed by atoms with E-state index < -0.39 is 0 Å². The van der Waals surface area contributed by atoms with Crippen molar-refractivity contribution in [3.8, 4) is 0 Å². The number of amides is 2. The van der Waals surface area contributed by atoms with Crippen molar-refractivity contribution < 1.29 is 9.59 Å². The van der Waals surface area contributed by atoms with E-state index in [0.717, 1.165) is 5.56 Å². The molecular weight excluding hydrogens is 295 g/mol. The molecule has 0 saturated heterocycles. The Bertz CT molecular complexity index is 476. The molecule has 6 heteroatoms. The van der Waals surface area contributed by atoms with Crippen LogP contribution in [-0.4, -0.2) is 17.1 Å². The fraction of sp³-hybridized carbons (Fsp3) is 0.200. The first-order chi connectivity index (χ1) is 7.60. The Morgan fingerprint density at radius 2 is 2.31 bits per heavy atom. The van der Waals surface area contributed by atoms with Gasteiger partial charge in [-0.05, 0) is 17.7 Å². The summed E-state index contributed by atoms with van der Waals surface area (Å²) in [6.45, 7) is 0. The minimum atomic E-state index is -0.181. The Balaban J connectivity index is 2.31. The van der Waals surface area contributed by atoms with Gasteiger partial charge in [-0.2, -0.15) is 0 Å². The summed E-state index contributed by atoms with van der Waals surface area (Å²) in [6.07, 6.45) is 0.323. The highest BCUT2D eigenvalue weighted by molar-refractivity contribution is 9.09. The maximum Gasteiger partial charge on any atom is 0.235 e. The average Bonchev–Trinajstić information content (AvgIpc) is 2.58. The zero-order chi connectivity index (χ0) is 11.7. The van der Waals surface area contributed by atoms with E-state index in [-0.39, 0.29) is 17.1 Å². The van der Waals surface area contributed by atoms with Crippen LogP contribution >= 0.6 is 27.5 Å². The molecule has 1 aliphatic heterocycles. The summed E-state index contributed by atoms with van der Waals surface area (Å²) >= 11 is 9.02. The van der Waals surface area contributed by atoms with Gasteiger partial charge in [0.15, 0.2) is 0 Å². The summed E-state index contributed by atoms with van der Waals surface area (Å²) in [5, 5.41) is 5.95. The van der Waals surface area contributed by atoms with Crippen LogP contribution in [-0.2, 0) is 16.0 Å². The number of hydrogen-bond acceptors (Lipinski definition) is 2. The SMILES string of the molecule is O=C(CBr)Nc1cc2c(cc1Cl)NC(=O)C2. The molecule has 0 fully saturated rings. The lowest BCUT2D eigenvalue weighted by Gasteiger charge is -2.08. The van der Waals surface area contributed by atoms with Crippen molar-refractivity contribution in [2.75, 3.05) is 16.0 Å². The largest absolute Gasteiger partial charge is 0.325 e. The van der Waals surface area contributed by atoms with E-state index in [1.165, 1.54) is 0 Å². The molecule has 1 aromatic carbocycles. The smallest absolute Gasteiger partial charge is 0.235 e. The molecule has 0 spiro atoms. The van der Waals surface area contributed by atoms with Gasteiger partial charge in [-0.1, -0.05) is 27.5 Å². The van der Waals surface area contributed by atoms with Gasteiger partial charge < -0.3 is 10.6 Å². The van der Waals surface area contributed by atoms with Crippen molar-refractivity contribution in [3.63, 3.8) is 0 Å². The third-order valence-corrected chi connectivity index (χ3v) is 3.04. The summed E-state index contributed by atoms with van der Waals surface area (Å²) < 4.78 is 0. The lowest BCUT2D eigenvalue weighted by molar-refractivity contribution is -0.115. The van der Waals surface area contributed by atoms with E-state index in [1.807, 2.05) is 0 Å². The normalized spacial score (nSPS) is 13.2. The van der Waals surface area contributed by atoms with Gasteiger partial charge in [-0.15, -0.1) is 0 Å². The Labute approximate surface area is 105 Å². The van der Waals surface area contributed by atoms with Crippen molar-refractivity contribution >= 4 is 50.7 Å². The lowest BCUT2D eigenvalue weighted by atomic mass is 10.1. The van der Waals surface area contributed by atoms with Crippen LogP contribution < -0.4 is 10.6 Å². The number of carbonyl (C=O) groups excluding carboxylic acids is 2. The molecular formula is C10H8BrClN2O2. The van der Waals surface area contributed by atoms with Gasteiger partial charge in [-0.25, -0.2) is 0 Å². The zero-order valence-corrected chi connectivity index (χ0v) is 10.5. The summed E-state index contributed by atoms with van der Waals surface area (Å²) in [5.41, 5.74) is 2.09. The lowest BCUT2D eigenvalue weighted by Crippen LogP contribution is -2.12. The van der Waals surface area contributed by atoms with Gasteiger partial charge in [0.25, 0.3) is 0 Å². The summed E-state index contributed by atoms with van der Waals surface area (Å²) in [7, 11) is 0. The van der Waals surface area contributed by atoms with E-state index >= 15 is 0 Å². The molecule has 1 heterocycles. The highest BCUT2D eigenvalue weighted by Gasteiger charge is 2.19. The van der Waals surface area contributed by atoms with Crippen molar-refractivity contribution in [3.05, 3.63) is 22.7 Å². The molecule has 0 bridgehead atoms. The number of rotatable bonds is 2. The van der Waals surface area contributed by atoms with Gasteiger partial charge in [-0.3, -0.25) is 9.59 Å². The molecule has 2 N–H and O–H groups in total. The van der Waals surface area contributed by atoms with Crippen LogP contribution in [0.1, 0.15) is 5.56 Å². The molecule has 0 aliphatic carbocycles. The maximum absolute atomic E-state index is 11.2. The third kappa shape index (κ3) is 2.20. The summed E-state index contributed by atoms with van der Waals surface area (Å²) in [4.78, 5) is 22.4. The Morgan fingerprint density at radius 3 is 3.00 bits per heavy atom. The minimum absolute atomic E-state index is 0.0602. The quantitative estimate of drug-likeness (QED) is 0.823. The number of benzene rings is 1. The number of nitrogens with one attached hydrogen (secondary N) is 2. The molecule has 4 nitrogen and oxygen atoms in total. The molecule has 1 aliphatic rings. The van der Waals surface area contributed by atoms with Crippen LogP contribution in [0.4, 0.5) is 11.4 Å². The predicted octanol–water partition coefficient (Wildman–Crippen LogP) is 2.17. The standard InChI is InChI=1S/C10H8BrClN2O2/c11-4-10(16)14-8-1-5-2-9(15)13-7(5)3-6(8)12/h1,3H,2,4H2,(H,13,15)(H,14,16). The van der Waals surface area contributed by atoms with Gasteiger partial charge in [0.05, 0.1) is 22.5 Å². The van der Waals surface area contributed by atoms with Crippen LogP contribution in [0.5, 0.6) is 0 Å². The van der Waals surface area contributed by atoms with Gasteiger partial charge in [0, 0.05) is 5.69 Å². The Hall–Kier alpha value is -1.07. The highest BCUT2D eigenvalue weighted by Crippen LogP contribution is 2.32. The van der Waals surface area contributed by atoms with E-state index in [2.05, 4.69) is 26.6 Å². The number of halogens is 2. The van der Waals surface area contributed by atoms with E-state index in [0.29, 0.717) is 22.8 Å². The fourth-order valence-corrected chi connectivity index (χ4v) is 1.88. The van der Waals surface area contributed by atoms with Crippen molar-refractivity contribution in [2.24, 2.45) is 0 Å². The zero-order valence-electron chi connectivity index (χ0n) is 8.14. The minimum Gasteiger partial charge on any atom is -0.325 e. The van der Waals surface area contributed by atoms with E-state index in [1.54, 1.807) is 12.1 Å². The molecule has 1 aromatic rings. The van der Waals surface area contributed by atoms with Crippen LogP contribution in [0.15, 0.2) is 12.1 Å². The molecule has 2 amide bonds. The maximum atomic E-state index is 11.2. The van der Waals surface area contributed by atoms with Crippen LogP contribution in [0.25, 0.3) is 0 Å². The molecule has 0 aromatic heterocycles. The molecule has 84 valence electrons. The van der Waals surface area contributed by atoms with Crippen molar-refractivity contribution in [2.45, 2.75) is 6.42 Å². The molecule has 16 heavy (non-hydrogen) atoms. The van der Waals surface area contributed by atoms with Gasteiger partial charge in [0.2, 0.25) is 11.8 Å². The Kier molecular flexibility index (Phi) is 3.16. The highest BCUT2D eigenvalue weighted by atomic mass is 79.9. The number of anilines is 2. The summed E-state index contributed by atoms with van der Waals surface area (Å²) in [5.74, 6) is -0.242. The Morgan fingerprint density at radius 1 is 1.56 bits per heavy atom. The molecule has 0 unspecified atom stereocenters. The van der Waals surface area contributed by atoms with Gasteiger partial charge in [0.1, 0.15) is 0 Å². The van der Waals surface area contributed by atoms with E-state index in [9.17, 15) is 9.59 Å². The molecule has 0 radical (unpaired) electrons. The second-order valence-corrected chi connectivity index (χ2v) is 4.36. The first-order valence-electron chi connectivity index (χ1n) is 4.58. The van der Waals surface area contributed by atoms with Crippen molar-refractivity contribution in [1.82, 2.24) is 0 Å². The third-order valence-electron chi connectivity index (χ3n) is 2.21. The fourth-order valence-electron chi connectivity index (χ4n) is 1.53. The molecule has 0 saturated carbocycles. The summed E-state index contributed by atoms with van der Waals surface area (Å²) in [6, 6.07) is 3.36. The topological polar surface area (TPSA) is 58.2 Å². The van der Waals surface area contributed by atoms with Gasteiger partial charge >= 0.3 is 0 Å². The average molecular weight is 304 g/mol. The van der Waals surface area contributed by atoms with Crippen LogP contribution in [0.2, 0.25) is 5.02 Å². The second kappa shape index (κ2) is 4.43. The number of carbonyl (C=O) groups is 2. The number of hydrogen-bond donors (Lipinski definition) is 2. The van der Waals surface area contributed by atoms with Crippen LogP contribution in [0, 0.1) is 0 Å². The molecule has 0 atom stereocenters. The van der Waals surface area contributed by atoms with Crippen LogP contribution in [0.3, 0.4) is 0 Å². The monoisotopic (exact) mass is 302 g/mol. The first kappa shape index (κ1) is 11.4. The van der Waals surface area contributed by atoms with E-state index in [4.69, 9.17) is 11.6 Å². The molecule has 2 rings (SSSR count).